The first-order valence-electron chi connectivity index (χ1n) is 6.10. The van der Waals surface area contributed by atoms with Gasteiger partial charge >= 0.3 is 0 Å². The maximum atomic E-state index is 12.0. The molecule has 18 heavy (non-hydrogen) atoms. The molecule has 1 heterocycles. The molecule has 0 aromatic carbocycles. The molecule has 98 valence electrons. The summed E-state index contributed by atoms with van der Waals surface area (Å²) in [6.07, 6.45) is 5.15. The average molecular weight is 269 g/mol. The molecule has 3 rings (SSSR count). The zero-order valence-electron chi connectivity index (χ0n) is 9.89. The van der Waals surface area contributed by atoms with Crippen LogP contribution in [0.15, 0.2) is 21.6 Å². The van der Waals surface area contributed by atoms with Gasteiger partial charge in [-0.05, 0) is 49.1 Å². The van der Waals surface area contributed by atoms with Gasteiger partial charge in [0.2, 0.25) is 5.09 Å². The van der Waals surface area contributed by atoms with Gasteiger partial charge in [-0.2, -0.15) is 0 Å². The molecule has 6 heteroatoms. The molecule has 2 fully saturated rings. The fourth-order valence-corrected chi connectivity index (χ4v) is 3.51. The highest BCUT2D eigenvalue weighted by Gasteiger charge is 2.53. The Morgan fingerprint density at radius 3 is 2.61 bits per heavy atom. The third-order valence-corrected chi connectivity index (χ3v) is 5.21. The SMILES string of the molecule is O=Cc1ccc(S(=O)(=O)NCC2(C3CC3)CC2)o1. The Morgan fingerprint density at radius 1 is 1.39 bits per heavy atom. The minimum Gasteiger partial charge on any atom is -0.440 e. The lowest BCUT2D eigenvalue weighted by Gasteiger charge is -2.14. The normalized spacial score (nSPS) is 21.8. The number of rotatable bonds is 6. The van der Waals surface area contributed by atoms with Gasteiger partial charge in [0.25, 0.3) is 10.0 Å². The van der Waals surface area contributed by atoms with Crippen molar-refractivity contribution >= 4 is 16.3 Å². The van der Waals surface area contributed by atoms with Crippen molar-refractivity contribution in [2.45, 2.75) is 30.8 Å². The topological polar surface area (TPSA) is 76.4 Å². The molecule has 0 spiro atoms. The molecule has 1 aromatic rings. The molecule has 0 bridgehead atoms. The third kappa shape index (κ3) is 2.10. The van der Waals surface area contributed by atoms with Crippen molar-refractivity contribution in [3.05, 3.63) is 17.9 Å². The lowest BCUT2D eigenvalue weighted by atomic mass is 10.0. The van der Waals surface area contributed by atoms with Gasteiger partial charge in [-0.3, -0.25) is 4.79 Å². The first-order chi connectivity index (χ1) is 8.56. The van der Waals surface area contributed by atoms with Crippen LogP contribution in [0.25, 0.3) is 0 Å². The quantitative estimate of drug-likeness (QED) is 0.795. The lowest BCUT2D eigenvalue weighted by molar-refractivity contribution is 0.109. The van der Waals surface area contributed by atoms with Crippen molar-refractivity contribution < 1.29 is 17.6 Å². The molecule has 0 aliphatic heterocycles. The lowest BCUT2D eigenvalue weighted by Crippen LogP contribution is -2.31. The van der Waals surface area contributed by atoms with Crippen LogP contribution >= 0.6 is 0 Å². The smallest absolute Gasteiger partial charge is 0.273 e. The maximum absolute atomic E-state index is 12.0. The van der Waals surface area contributed by atoms with Crippen molar-refractivity contribution in [3.8, 4) is 0 Å². The zero-order chi connectivity index (χ0) is 12.8. The first kappa shape index (κ1) is 11.9. The maximum Gasteiger partial charge on any atom is 0.273 e. The first-order valence-corrected chi connectivity index (χ1v) is 7.59. The van der Waals surface area contributed by atoms with Crippen LogP contribution in [0.4, 0.5) is 0 Å². The second-order valence-electron chi connectivity index (χ2n) is 5.24. The summed E-state index contributed by atoms with van der Waals surface area (Å²) >= 11 is 0. The zero-order valence-corrected chi connectivity index (χ0v) is 10.7. The Morgan fingerprint density at radius 2 is 2.11 bits per heavy atom. The molecule has 2 aliphatic carbocycles. The minimum atomic E-state index is -3.62. The Balaban J connectivity index is 1.69. The molecule has 2 saturated carbocycles. The highest BCUT2D eigenvalue weighted by Crippen LogP contribution is 2.60. The van der Waals surface area contributed by atoms with E-state index >= 15 is 0 Å². The number of hydrogen-bond donors (Lipinski definition) is 1. The molecule has 5 nitrogen and oxygen atoms in total. The Labute approximate surface area is 106 Å². The van der Waals surface area contributed by atoms with E-state index in [0.717, 1.165) is 12.8 Å². The van der Waals surface area contributed by atoms with Crippen molar-refractivity contribution in [2.75, 3.05) is 6.54 Å². The number of furan rings is 1. The van der Waals surface area contributed by atoms with E-state index in [1.165, 1.54) is 25.0 Å². The van der Waals surface area contributed by atoms with Crippen LogP contribution in [0.2, 0.25) is 0 Å². The Hall–Kier alpha value is -1.14. The van der Waals surface area contributed by atoms with E-state index in [9.17, 15) is 13.2 Å². The summed E-state index contributed by atoms with van der Waals surface area (Å²) in [5, 5.41) is -0.184. The van der Waals surface area contributed by atoms with Gasteiger partial charge in [0, 0.05) is 6.54 Å². The molecule has 0 saturated heterocycles. The number of carbonyl (C=O) groups excluding carboxylic acids is 1. The van der Waals surface area contributed by atoms with E-state index in [-0.39, 0.29) is 16.3 Å². The molecule has 0 unspecified atom stereocenters. The number of aldehydes is 1. The van der Waals surface area contributed by atoms with Crippen molar-refractivity contribution in [2.24, 2.45) is 11.3 Å². The Bertz CT molecular complexity index is 567. The second-order valence-corrected chi connectivity index (χ2v) is 6.93. The fourth-order valence-electron chi connectivity index (χ4n) is 2.44. The van der Waals surface area contributed by atoms with E-state index < -0.39 is 10.0 Å². The standard InChI is InChI=1S/C12H15NO4S/c14-7-10-3-4-11(17-10)18(15,16)13-8-12(5-6-12)9-1-2-9/h3-4,7,9,13H,1-2,5-6,8H2. The van der Waals surface area contributed by atoms with Gasteiger partial charge in [-0.15, -0.1) is 0 Å². The van der Waals surface area contributed by atoms with Crippen LogP contribution in [-0.2, 0) is 10.0 Å². The summed E-state index contributed by atoms with van der Waals surface area (Å²) in [6, 6.07) is 2.66. The predicted molar refractivity (Wildman–Crippen MR) is 63.7 cm³/mol. The Kier molecular flexibility index (Phi) is 2.60. The molecule has 1 aromatic heterocycles. The molecule has 1 N–H and O–H groups in total. The summed E-state index contributed by atoms with van der Waals surface area (Å²) in [6.45, 7) is 0.483. The number of carbonyl (C=O) groups is 1. The summed E-state index contributed by atoms with van der Waals surface area (Å²) in [7, 11) is -3.62. The molecule has 0 radical (unpaired) electrons. The van der Waals surface area contributed by atoms with Gasteiger partial charge in [0.15, 0.2) is 12.0 Å². The summed E-state index contributed by atoms with van der Waals surface area (Å²) in [4.78, 5) is 10.5. The molecule has 2 aliphatic rings. The second kappa shape index (κ2) is 3.93. The largest absolute Gasteiger partial charge is 0.440 e. The van der Waals surface area contributed by atoms with Crippen molar-refractivity contribution in [1.29, 1.82) is 0 Å². The summed E-state index contributed by atoms with van der Waals surface area (Å²) < 4.78 is 31.5. The average Bonchev–Trinajstić information content (AvgIpc) is 3.24. The summed E-state index contributed by atoms with van der Waals surface area (Å²) in [5.74, 6) is 0.723. The summed E-state index contributed by atoms with van der Waals surface area (Å²) in [5.41, 5.74) is 0.202. The predicted octanol–water partition coefficient (Wildman–Crippen LogP) is 1.56. The van der Waals surface area contributed by atoms with Gasteiger partial charge < -0.3 is 4.42 Å². The van der Waals surface area contributed by atoms with Crippen molar-refractivity contribution in [3.63, 3.8) is 0 Å². The van der Waals surface area contributed by atoms with Crippen LogP contribution in [0.3, 0.4) is 0 Å². The van der Waals surface area contributed by atoms with Crippen LogP contribution in [0.1, 0.15) is 36.2 Å². The van der Waals surface area contributed by atoms with E-state index in [1.54, 1.807) is 0 Å². The van der Waals surface area contributed by atoms with Gasteiger partial charge in [0.05, 0.1) is 0 Å². The van der Waals surface area contributed by atoms with E-state index in [0.29, 0.717) is 18.7 Å². The molecular weight excluding hydrogens is 254 g/mol. The van der Waals surface area contributed by atoms with Crippen LogP contribution in [0, 0.1) is 11.3 Å². The van der Waals surface area contributed by atoms with E-state index in [4.69, 9.17) is 4.42 Å². The molecule has 0 atom stereocenters. The minimum absolute atomic E-state index is 0.0266. The van der Waals surface area contributed by atoms with Crippen molar-refractivity contribution in [1.82, 2.24) is 4.72 Å². The monoisotopic (exact) mass is 269 g/mol. The molecular formula is C12H15NO4S. The highest BCUT2D eigenvalue weighted by molar-refractivity contribution is 7.89. The number of nitrogens with one attached hydrogen (secondary N) is 1. The van der Waals surface area contributed by atoms with Crippen LogP contribution in [-0.4, -0.2) is 21.2 Å². The molecule has 0 amide bonds. The third-order valence-electron chi connectivity index (χ3n) is 3.93. The fraction of sp³-hybridized carbons (Fsp3) is 0.583. The number of sulfonamides is 1. The highest BCUT2D eigenvalue weighted by atomic mass is 32.2. The van der Waals surface area contributed by atoms with Gasteiger partial charge in [-0.25, -0.2) is 13.1 Å². The van der Waals surface area contributed by atoms with E-state index in [2.05, 4.69) is 4.72 Å². The van der Waals surface area contributed by atoms with Gasteiger partial charge in [0.1, 0.15) is 0 Å². The van der Waals surface area contributed by atoms with Crippen LogP contribution in [0.5, 0.6) is 0 Å². The van der Waals surface area contributed by atoms with Crippen LogP contribution < -0.4 is 4.72 Å². The number of hydrogen-bond acceptors (Lipinski definition) is 4. The van der Waals surface area contributed by atoms with E-state index in [1.807, 2.05) is 0 Å². The van der Waals surface area contributed by atoms with Gasteiger partial charge in [-0.1, -0.05) is 0 Å².